The Morgan fingerprint density at radius 2 is 2.23 bits per heavy atom. The monoisotopic (exact) mass is 186 g/mol. The van der Waals surface area contributed by atoms with Crippen LogP contribution in [0.1, 0.15) is 39.5 Å². The summed E-state index contributed by atoms with van der Waals surface area (Å²) < 4.78 is 5.34. The summed E-state index contributed by atoms with van der Waals surface area (Å²) in [6.45, 7) is 5.66. The second-order valence-electron chi connectivity index (χ2n) is 4.32. The van der Waals surface area contributed by atoms with Crippen LogP contribution in [0.25, 0.3) is 0 Å². The molecule has 0 saturated heterocycles. The Labute approximate surface area is 81.3 Å². The van der Waals surface area contributed by atoms with E-state index >= 15 is 0 Å². The van der Waals surface area contributed by atoms with E-state index in [9.17, 15) is 5.11 Å². The van der Waals surface area contributed by atoms with Crippen LogP contribution in [0.15, 0.2) is 0 Å². The van der Waals surface area contributed by atoms with Crippen molar-refractivity contribution in [1.29, 1.82) is 0 Å². The maximum atomic E-state index is 9.77. The molecule has 13 heavy (non-hydrogen) atoms. The van der Waals surface area contributed by atoms with Crippen molar-refractivity contribution >= 4 is 0 Å². The van der Waals surface area contributed by atoms with Crippen LogP contribution in [0.3, 0.4) is 0 Å². The summed E-state index contributed by atoms with van der Waals surface area (Å²) in [5, 5.41) is 9.77. The summed E-state index contributed by atoms with van der Waals surface area (Å²) >= 11 is 0. The number of hydrogen-bond donors (Lipinski definition) is 1. The van der Waals surface area contributed by atoms with E-state index in [4.69, 9.17) is 4.74 Å². The van der Waals surface area contributed by atoms with Gasteiger partial charge in [0.25, 0.3) is 0 Å². The zero-order chi connectivity index (χ0) is 9.68. The van der Waals surface area contributed by atoms with Gasteiger partial charge in [0.15, 0.2) is 0 Å². The van der Waals surface area contributed by atoms with Crippen molar-refractivity contribution in [3.05, 3.63) is 0 Å². The lowest BCUT2D eigenvalue weighted by Crippen LogP contribution is -2.24. The van der Waals surface area contributed by atoms with Gasteiger partial charge in [-0.1, -0.05) is 20.3 Å². The molecule has 3 unspecified atom stereocenters. The summed E-state index contributed by atoms with van der Waals surface area (Å²) in [6.07, 6.45) is 4.44. The second kappa shape index (κ2) is 5.61. The summed E-state index contributed by atoms with van der Waals surface area (Å²) in [6, 6.07) is 0. The maximum Gasteiger partial charge on any atom is 0.0801 e. The van der Waals surface area contributed by atoms with Crippen molar-refractivity contribution in [3.8, 4) is 0 Å². The highest BCUT2D eigenvalue weighted by Crippen LogP contribution is 2.32. The molecular formula is C11H22O2. The van der Waals surface area contributed by atoms with E-state index in [-0.39, 0.29) is 6.10 Å². The number of aliphatic hydroxyl groups is 1. The molecule has 0 spiro atoms. The van der Waals surface area contributed by atoms with Crippen molar-refractivity contribution in [2.75, 3.05) is 13.2 Å². The number of aliphatic hydroxyl groups excluding tert-OH is 1. The molecule has 1 fully saturated rings. The van der Waals surface area contributed by atoms with Crippen LogP contribution in [0.4, 0.5) is 0 Å². The maximum absolute atomic E-state index is 9.77. The summed E-state index contributed by atoms with van der Waals surface area (Å²) in [7, 11) is 0. The Bertz CT molecular complexity index is 136. The van der Waals surface area contributed by atoms with Crippen molar-refractivity contribution < 1.29 is 9.84 Å². The summed E-state index contributed by atoms with van der Waals surface area (Å²) in [4.78, 5) is 0. The van der Waals surface area contributed by atoms with E-state index < -0.39 is 0 Å². The van der Waals surface area contributed by atoms with E-state index in [2.05, 4.69) is 13.8 Å². The number of rotatable bonds is 5. The van der Waals surface area contributed by atoms with Crippen LogP contribution in [-0.2, 0) is 4.74 Å². The minimum Gasteiger partial charge on any atom is -0.390 e. The molecule has 0 heterocycles. The van der Waals surface area contributed by atoms with Gasteiger partial charge in [0.1, 0.15) is 0 Å². The molecular weight excluding hydrogens is 164 g/mol. The molecule has 0 radical (unpaired) electrons. The van der Waals surface area contributed by atoms with Crippen molar-refractivity contribution in [2.24, 2.45) is 11.8 Å². The van der Waals surface area contributed by atoms with Crippen LogP contribution < -0.4 is 0 Å². The van der Waals surface area contributed by atoms with Crippen LogP contribution in [0.2, 0.25) is 0 Å². The van der Waals surface area contributed by atoms with Gasteiger partial charge in [0.05, 0.1) is 12.7 Å². The van der Waals surface area contributed by atoms with E-state index in [0.29, 0.717) is 12.5 Å². The quantitative estimate of drug-likeness (QED) is 0.667. The van der Waals surface area contributed by atoms with E-state index in [1.54, 1.807) is 0 Å². The standard InChI is InChI=1S/C11H22O2/c1-3-6-13-8-11(12)10-5-4-9(2)7-10/h9-12H,3-8H2,1-2H3. The first-order chi connectivity index (χ1) is 6.24. The highest BCUT2D eigenvalue weighted by Gasteiger charge is 2.27. The molecule has 1 rings (SSSR count). The summed E-state index contributed by atoms with van der Waals surface area (Å²) in [5.41, 5.74) is 0. The van der Waals surface area contributed by atoms with Crippen molar-refractivity contribution in [3.63, 3.8) is 0 Å². The van der Waals surface area contributed by atoms with Crippen LogP contribution in [0.5, 0.6) is 0 Å². The molecule has 0 aromatic carbocycles. The molecule has 0 amide bonds. The van der Waals surface area contributed by atoms with Crippen molar-refractivity contribution in [1.82, 2.24) is 0 Å². The molecule has 1 N–H and O–H groups in total. The fraction of sp³-hybridized carbons (Fsp3) is 1.00. The van der Waals surface area contributed by atoms with Gasteiger partial charge in [-0.15, -0.1) is 0 Å². The first-order valence-corrected chi connectivity index (χ1v) is 5.49. The third-order valence-corrected chi connectivity index (χ3v) is 2.92. The Morgan fingerprint density at radius 1 is 1.46 bits per heavy atom. The van der Waals surface area contributed by atoms with Crippen LogP contribution in [0, 0.1) is 11.8 Å². The average molecular weight is 186 g/mol. The number of hydrogen-bond acceptors (Lipinski definition) is 2. The van der Waals surface area contributed by atoms with Crippen molar-refractivity contribution in [2.45, 2.75) is 45.6 Å². The Morgan fingerprint density at radius 3 is 2.77 bits per heavy atom. The Hall–Kier alpha value is -0.0800. The van der Waals surface area contributed by atoms with Gasteiger partial charge >= 0.3 is 0 Å². The topological polar surface area (TPSA) is 29.5 Å². The molecule has 1 saturated carbocycles. The van der Waals surface area contributed by atoms with Gasteiger partial charge in [0.2, 0.25) is 0 Å². The molecule has 1 aliphatic rings. The van der Waals surface area contributed by atoms with E-state index in [1.165, 1.54) is 19.3 Å². The zero-order valence-electron chi connectivity index (χ0n) is 8.83. The largest absolute Gasteiger partial charge is 0.390 e. The van der Waals surface area contributed by atoms with Crippen LogP contribution >= 0.6 is 0 Å². The normalized spacial score (nSPS) is 30.7. The third-order valence-electron chi connectivity index (χ3n) is 2.92. The lowest BCUT2D eigenvalue weighted by atomic mass is 10.0. The highest BCUT2D eigenvalue weighted by molar-refractivity contribution is 4.78. The van der Waals surface area contributed by atoms with Gasteiger partial charge in [-0.05, 0) is 31.1 Å². The molecule has 1 aliphatic carbocycles. The minimum absolute atomic E-state index is 0.225. The Kier molecular flexibility index (Phi) is 4.74. The van der Waals surface area contributed by atoms with Gasteiger partial charge in [-0.25, -0.2) is 0 Å². The fourth-order valence-corrected chi connectivity index (χ4v) is 2.09. The van der Waals surface area contributed by atoms with E-state index in [1.807, 2.05) is 0 Å². The molecule has 3 atom stereocenters. The number of ether oxygens (including phenoxy) is 1. The SMILES string of the molecule is CCCOCC(O)C1CCC(C)C1. The van der Waals surface area contributed by atoms with Crippen LogP contribution in [-0.4, -0.2) is 24.4 Å². The van der Waals surface area contributed by atoms with Gasteiger partial charge in [-0.2, -0.15) is 0 Å². The van der Waals surface area contributed by atoms with Gasteiger partial charge in [-0.3, -0.25) is 0 Å². The smallest absolute Gasteiger partial charge is 0.0801 e. The highest BCUT2D eigenvalue weighted by atomic mass is 16.5. The fourth-order valence-electron chi connectivity index (χ4n) is 2.09. The minimum atomic E-state index is -0.225. The second-order valence-corrected chi connectivity index (χ2v) is 4.32. The molecule has 0 aliphatic heterocycles. The first-order valence-electron chi connectivity index (χ1n) is 5.49. The lowest BCUT2D eigenvalue weighted by Gasteiger charge is -2.17. The summed E-state index contributed by atoms with van der Waals surface area (Å²) in [5.74, 6) is 1.29. The molecule has 0 aromatic heterocycles. The molecule has 2 nitrogen and oxygen atoms in total. The molecule has 0 bridgehead atoms. The molecule has 78 valence electrons. The zero-order valence-corrected chi connectivity index (χ0v) is 8.83. The van der Waals surface area contributed by atoms with Gasteiger partial charge < -0.3 is 9.84 Å². The molecule has 0 aromatic rings. The molecule has 2 heteroatoms. The predicted octanol–water partition coefficient (Wildman–Crippen LogP) is 2.21. The third kappa shape index (κ3) is 3.65. The average Bonchev–Trinajstić information content (AvgIpc) is 2.52. The van der Waals surface area contributed by atoms with Gasteiger partial charge in [0, 0.05) is 6.61 Å². The first kappa shape index (κ1) is 11.0. The van der Waals surface area contributed by atoms with E-state index in [0.717, 1.165) is 18.9 Å². The predicted molar refractivity (Wildman–Crippen MR) is 53.6 cm³/mol. The lowest BCUT2D eigenvalue weighted by molar-refractivity contribution is 0.00571. The Balaban J connectivity index is 2.12.